The molecule has 0 aliphatic carbocycles. The van der Waals surface area contributed by atoms with Crippen LogP contribution in [0.1, 0.15) is 36.5 Å². The fourth-order valence-electron chi connectivity index (χ4n) is 6.04. The fourth-order valence-corrected chi connectivity index (χ4v) is 7.91. The van der Waals surface area contributed by atoms with Gasteiger partial charge in [0, 0.05) is 30.1 Å². The zero-order chi connectivity index (χ0) is 28.1. The minimum atomic E-state index is -4.30. The van der Waals surface area contributed by atoms with Gasteiger partial charge in [-0.3, -0.25) is 9.10 Å². The molecule has 0 N–H and O–H groups in total. The van der Waals surface area contributed by atoms with Gasteiger partial charge in [-0.1, -0.05) is 53.6 Å². The zero-order valence-electron chi connectivity index (χ0n) is 21.9. The lowest BCUT2D eigenvalue weighted by Crippen LogP contribution is -2.64. The van der Waals surface area contributed by atoms with E-state index in [9.17, 15) is 18.0 Å². The number of nitrogens with zero attached hydrogens (tertiary/aromatic N) is 2. The molecule has 5 rings (SSSR count). The van der Waals surface area contributed by atoms with Gasteiger partial charge < -0.3 is 9.64 Å². The van der Waals surface area contributed by atoms with Crippen molar-refractivity contribution in [1.82, 2.24) is 0 Å². The maximum atomic E-state index is 14.5. The number of anilines is 2. The number of halogens is 1. The number of sulfonamides is 1. The van der Waals surface area contributed by atoms with Crippen LogP contribution in [0.2, 0.25) is 5.02 Å². The molecule has 1 spiro atoms. The molecular weight excluding hydrogens is 536 g/mol. The minimum absolute atomic E-state index is 0.0326. The number of aryl methyl sites for hydroxylation is 1. The highest BCUT2D eigenvalue weighted by atomic mass is 35.5. The SMILES string of the molecule is C=CC1c2cc(Cl)ccc2N(S(=O)(=O)c2ccc(C)cc2)C(C(=O)OCC)C12CN(C(C)=O)c1ccccc12. The van der Waals surface area contributed by atoms with Crippen LogP contribution in [0.15, 0.2) is 84.3 Å². The molecule has 9 heteroatoms. The Kier molecular flexibility index (Phi) is 6.81. The van der Waals surface area contributed by atoms with Gasteiger partial charge in [0.05, 0.1) is 22.6 Å². The van der Waals surface area contributed by atoms with Crippen LogP contribution in [-0.4, -0.2) is 39.5 Å². The molecule has 0 saturated carbocycles. The molecule has 0 fully saturated rings. The topological polar surface area (TPSA) is 84.0 Å². The van der Waals surface area contributed by atoms with E-state index in [4.69, 9.17) is 16.3 Å². The Balaban J connectivity index is 1.91. The highest BCUT2D eigenvalue weighted by Crippen LogP contribution is 2.59. The first-order chi connectivity index (χ1) is 18.6. The highest BCUT2D eigenvalue weighted by molar-refractivity contribution is 7.93. The standard InChI is InChI=1S/C30H29ClN2O5S/c1-5-24-23-17-21(31)13-16-26(23)33(39(36,37)22-14-11-19(3)12-15-22)28(29(35)38-6-2)30(24)18-32(20(4)34)27-10-8-7-9-25(27)30/h5,7-17,24,28H,1,6,18H2,2-4H3. The summed E-state index contributed by atoms with van der Waals surface area (Å²) in [7, 11) is -4.30. The Labute approximate surface area is 233 Å². The molecule has 3 unspecified atom stereocenters. The maximum absolute atomic E-state index is 14.5. The summed E-state index contributed by atoms with van der Waals surface area (Å²) in [6.07, 6.45) is 1.71. The molecule has 0 aromatic heterocycles. The molecule has 39 heavy (non-hydrogen) atoms. The molecule has 3 atom stereocenters. The van der Waals surface area contributed by atoms with Crippen LogP contribution in [0.3, 0.4) is 0 Å². The summed E-state index contributed by atoms with van der Waals surface area (Å²) in [4.78, 5) is 28.5. The molecule has 202 valence electrons. The summed E-state index contributed by atoms with van der Waals surface area (Å²) >= 11 is 6.46. The van der Waals surface area contributed by atoms with Crippen molar-refractivity contribution in [2.75, 3.05) is 22.4 Å². The number of rotatable bonds is 5. The van der Waals surface area contributed by atoms with Crippen molar-refractivity contribution in [3.8, 4) is 0 Å². The van der Waals surface area contributed by atoms with Crippen LogP contribution in [0, 0.1) is 6.92 Å². The first kappa shape index (κ1) is 27.0. The number of benzene rings is 3. The predicted molar refractivity (Wildman–Crippen MR) is 152 cm³/mol. The lowest BCUT2D eigenvalue weighted by molar-refractivity contribution is -0.146. The second-order valence-corrected chi connectivity index (χ2v) is 12.1. The fraction of sp³-hybridized carbons (Fsp3) is 0.267. The van der Waals surface area contributed by atoms with Crippen LogP contribution >= 0.6 is 11.6 Å². The first-order valence-corrected chi connectivity index (χ1v) is 14.5. The minimum Gasteiger partial charge on any atom is -0.464 e. The number of fused-ring (bicyclic) bond motifs is 3. The van der Waals surface area contributed by atoms with Crippen LogP contribution in [0.5, 0.6) is 0 Å². The van der Waals surface area contributed by atoms with Crippen molar-refractivity contribution < 1.29 is 22.7 Å². The lowest BCUT2D eigenvalue weighted by atomic mass is 9.61. The summed E-state index contributed by atoms with van der Waals surface area (Å²) in [5, 5.41) is 0.410. The van der Waals surface area contributed by atoms with Gasteiger partial charge in [-0.05, 0) is 61.4 Å². The second-order valence-electron chi connectivity index (χ2n) is 9.85. The van der Waals surface area contributed by atoms with Gasteiger partial charge in [0.1, 0.15) is 0 Å². The number of para-hydroxylation sites is 1. The molecule has 2 heterocycles. The Hall–Kier alpha value is -3.62. The number of ether oxygens (including phenoxy) is 1. The quantitative estimate of drug-likeness (QED) is 0.307. The van der Waals surface area contributed by atoms with E-state index >= 15 is 0 Å². The van der Waals surface area contributed by atoms with Crippen molar-refractivity contribution >= 4 is 44.9 Å². The van der Waals surface area contributed by atoms with Crippen LogP contribution in [-0.2, 0) is 29.8 Å². The largest absolute Gasteiger partial charge is 0.464 e. The van der Waals surface area contributed by atoms with Gasteiger partial charge in [0.2, 0.25) is 5.91 Å². The molecular formula is C30H29ClN2O5S. The maximum Gasteiger partial charge on any atom is 0.331 e. The number of esters is 1. The molecule has 0 bridgehead atoms. The van der Waals surface area contributed by atoms with E-state index in [1.54, 1.807) is 54.3 Å². The van der Waals surface area contributed by atoms with Crippen LogP contribution < -0.4 is 9.21 Å². The third-order valence-corrected chi connectivity index (χ3v) is 9.69. The van der Waals surface area contributed by atoms with E-state index in [2.05, 4.69) is 6.58 Å². The average molecular weight is 565 g/mol. The molecule has 7 nitrogen and oxygen atoms in total. The van der Waals surface area contributed by atoms with Crippen molar-refractivity contribution in [3.63, 3.8) is 0 Å². The van der Waals surface area contributed by atoms with Crippen LogP contribution in [0.25, 0.3) is 0 Å². The number of hydrogen-bond acceptors (Lipinski definition) is 5. The molecule has 0 radical (unpaired) electrons. The lowest BCUT2D eigenvalue weighted by Gasteiger charge is -2.51. The zero-order valence-corrected chi connectivity index (χ0v) is 23.5. The smallest absolute Gasteiger partial charge is 0.331 e. The third-order valence-electron chi connectivity index (χ3n) is 7.66. The summed E-state index contributed by atoms with van der Waals surface area (Å²) < 4.78 is 35.8. The molecule has 2 aliphatic heterocycles. The normalized spacial score (nSPS) is 21.8. The van der Waals surface area contributed by atoms with Crippen LogP contribution in [0.4, 0.5) is 11.4 Å². The Morgan fingerprint density at radius 1 is 1.10 bits per heavy atom. The third kappa shape index (κ3) is 4.05. The number of carbonyl (C=O) groups is 2. The highest BCUT2D eigenvalue weighted by Gasteiger charge is 2.63. The second kappa shape index (κ2) is 9.84. The van der Waals surface area contributed by atoms with Gasteiger partial charge in [-0.15, -0.1) is 6.58 Å². The Morgan fingerprint density at radius 2 is 1.79 bits per heavy atom. The summed E-state index contributed by atoms with van der Waals surface area (Å²) in [5.74, 6) is -1.51. The Morgan fingerprint density at radius 3 is 2.44 bits per heavy atom. The molecule has 3 aromatic carbocycles. The average Bonchev–Trinajstić information content (AvgIpc) is 3.24. The van der Waals surface area contributed by atoms with Gasteiger partial charge in [0.25, 0.3) is 10.0 Å². The monoisotopic (exact) mass is 564 g/mol. The van der Waals surface area contributed by atoms with Gasteiger partial charge in [-0.25, -0.2) is 13.2 Å². The summed E-state index contributed by atoms with van der Waals surface area (Å²) in [5.41, 5.74) is 1.83. The van der Waals surface area contributed by atoms with Gasteiger partial charge >= 0.3 is 5.97 Å². The number of allylic oxidation sites excluding steroid dienone is 1. The van der Waals surface area contributed by atoms with E-state index < -0.39 is 33.4 Å². The molecule has 3 aromatic rings. The van der Waals surface area contributed by atoms with Gasteiger partial charge in [-0.2, -0.15) is 0 Å². The summed E-state index contributed by atoms with van der Waals surface area (Å²) in [6.45, 7) is 9.20. The van der Waals surface area contributed by atoms with Crippen molar-refractivity contribution in [2.24, 2.45) is 0 Å². The number of carbonyl (C=O) groups excluding carboxylic acids is 2. The van der Waals surface area contributed by atoms with E-state index in [-0.39, 0.29) is 24.0 Å². The number of hydrogen-bond donors (Lipinski definition) is 0. The van der Waals surface area contributed by atoms with E-state index in [0.29, 0.717) is 27.5 Å². The van der Waals surface area contributed by atoms with Crippen molar-refractivity contribution in [2.45, 2.75) is 43.0 Å². The molecule has 2 aliphatic rings. The van der Waals surface area contributed by atoms with E-state index in [1.807, 2.05) is 25.1 Å². The molecule has 0 saturated heterocycles. The predicted octanol–water partition coefficient (Wildman–Crippen LogP) is 5.36. The van der Waals surface area contributed by atoms with Crippen molar-refractivity contribution in [1.29, 1.82) is 0 Å². The summed E-state index contributed by atoms with van der Waals surface area (Å²) in [6, 6.07) is 17.3. The van der Waals surface area contributed by atoms with E-state index in [1.165, 1.54) is 23.4 Å². The Bertz CT molecular complexity index is 1590. The first-order valence-electron chi connectivity index (χ1n) is 12.6. The molecule has 1 amide bonds. The van der Waals surface area contributed by atoms with E-state index in [0.717, 1.165) is 5.56 Å². The van der Waals surface area contributed by atoms with Gasteiger partial charge in [0.15, 0.2) is 6.04 Å². The number of amides is 1. The van der Waals surface area contributed by atoms with Crippen molar-refractivity contribution in [3.05, 3.63) is 101 Å².